The average Bonchev–Trinajstić information content (AvgIpc) is 3.26. The highest BCUT2D eigenvalue weighted by Gasteiger charge is 2.29. The molecule has 1 aliphatic rings. The molecule has 0 aliphatic heterocycles. The highest BCUT2D eigenvalue weighted by atomic mass is 16.4. The molecule has 2 heterocycles. The zero-order chi connectivity index (χ0) is 14.4. The Morgan fingerprint density at radius 1 is 1.19 bits per heavy atom. The number of aromatic nitrogens is 4. The van der Waals surface area contributed by atoms with Crippen molar-refractivity contribution in [3.8, 4) is 11.3 Å². The lowest BCUT2D eigenvalue weighted by Gasteiger charge is -2.03. The summed E-state index contributed by atoms with van der Waals surface area (Å²) in [6, 6.07) is 11.0. The van der Waals surface area contributed by atoms with Crippen LogP contribution in [-0.4, -0.2) is 30.7 Å². The van der Waals surface area contributed by atoms with Crippen molar-refractivity contribution in [3.05, 3.63) is 47.9 Å². The molecule has 0 radical (unpaired) electrons. The Morgan fingerprint density at radius 2 is 1.95 bits per heavy atom. The molecule has 1 saturated carbocycles. The van der Waals surface area contributed by atoms with Gasteiger partial charge in [0.1, 0.15) is 0 Å². The van der Waals surface area contributed by atoms with Crippen molar-refractivity contribution in [1.82, 2.24) is 19.6 Å². The van der Waals surface area contributed by atoms with E-state index in [4.69, 9.17) is 0 Å². The molecule has 4 rings (SSSR count). The van der Waals surface area contributed by atoms with Gasteiger partial charge in [-0.1, -0.05) is 30.3 Å². The fraction of sp³-hybridized carbons (Fsp3) is 0.200. The van der Waals surface area contributed by atoms with Gasteiger partial charge in [-0.15, -0.1) is 5.10 Å². The number of carboxylic acid groups (broad SMARTS) is 1. The van der Waals surface area contributed by atoms with E-state index in [9.17, 15) is 9.90 Å². The number of benzene rings is 1. The van der Waals surface area contributed by atoms with Gasteiger partial charge in [-0.2, -0.15) is 9.50 Å². The summed E-state index contributed by atoms with van der Waals surface area (Å²) in [5.41, 5.74) is 1.53. The van der Waals surface area contributed by atoms with Gasteiger partial charge in [0.25, 0.3) is 5.78 Å². The van der Waals surface area contributed by atoms with Gasteiger partial charge in [0.05, 0.1) is 5.69 Å². The first-order valence-corrected chi connectivity index (χ1v) is 6.79. The maximum absolute atomic E-state index is 11.5. The average molecular weight is 280 g/mol. The van der Waals surface area contributed by atoms with Gasteiger partial charge >= 0.3 is 5.97 Å². The van der Waals surface area contributed by atoms with E-state index < -0.39 is 5.97 Å². The molecule has 6 nitrogen and oxygen atoms in total. The number of rotatable bonds is 3. The van der Waals surface area contributed by atoms with Crippen LogP contribution in [0, 0.1) is 0 Å². The lowest BCUT2D eigenvalue weighted by molar-refractivity contribution is 0.0687. The van der Waals surface area contributed by atoms with E-state index in [1.165, 1.54) is 10.6 Å². The molecule has 1 fully saturated rings. The molecule has 1 N–H and O–H groups in total. The third-order valence-electron chi connectivity index (χ3n) is 3.56. The summed E-state index contributed by atoms with van der Waals surface area (Å²) < 4.78 is 1.32. The molecule has 1 aliphatic carbocycles. The van der Waals surface area contributed by atoms with Gasteiger partial charge in [-0.05, 0) is 18.9 Å². The third kappa shape index (κ3) is 2.05. The summed E-state index contributed by atoms with van der Waals surface area (Å²) >= 11 is 0. The van der Waals surface area contributed by atoms with Crippen LogP contribution in [0.4, 0.5) is 0 Å². The number of nitrogens with zero attached hydrogens (tertiary/aromatic N) is 4. The van der Waals surface area contributed by atoms with Gasteiger partial charge in [-0.25, -0.2) is 9.78 Å². The number of hydrogen-bond acceptors (Lipinski definition) is 4. The second-order valence-electron chi connectivity index (χ2n) is 5.15. The Bertz CT molecular complexity index is 838. The van der Waals surface area contributed by atoms with Gasteiger partial charge in [0.2, 0.25) is 0 Å². The van der Waals surface area contributed by atoms with Crippen molar-refractivity contribution in [2.45, 2.75) is 18.8 Å². The molecular weight excluding hydrogens is 268 g/mol. The minimum Gasteiger partial charge on any atom is -0.477 e. The van der Waals surface area contributed by atoms with Crippen LogP contribution in [0.1, 0.15) is 35.1 Å². The molecule has 0 saturated heterocycles. The Hall–Kier alpha value is -2.76. The van der Waals surface area contributed by atoms with E-state index in [2.05, 4.69) is 15.1 Å². The third-order valence-corrected chi connectivity index (χ3v) is 3.56. The van der Waals surface area contributed by atoms with Crippen LogP contribution in [0.5, 0.6) is 0 Å². The van der Waals surface area contributed by atoms with E-state index in [0.29, 0.717) is 23.2 Å². The Labute approximate surface area is 120 Å². The largest absolute Gasteiger partial charge is 0.477 e. The molecule has 0 bridgehead atoms. The number of fused-ring (bicyclic) bond motifs is 1. The first-order valence-electron chi connectivity index (χ1n) is 6.79. The van der Waals surface area contributed by atoms with Crippen molar-refractivity contribution in [1.29, 1.82) is 0 Å². The molecule has 3 aromatic rings. The van der Waals surface area contributed by atoms with Crippen LogP contribution in [0.15, 0.2) is 36.4 Å². The van der Waals surface area contributed by atoms with E-state index in [1.54, 1.807) is 0 Å². The van der Waals surface area contributed by atoms with Crippen LogP contribution in [0.2, 0.25) is 0 Å². The Balaban J connectivity index is 1.95. The van der Waals surface area contributed by atoms with Gasteiger partial charge < -0.3 is 5.11 Å². The molecule has 0 unspecified atom stereocenters. The van der Waals surface area contributed by atoms with Gasteiger partial charge in [-0.3, -0.25) is 0 Å². The number of aromatic carboxylic acids is 1. The molecule has 21 heavy (non-hydrogen) atoms. The second kappa shape index (κ2) is 4.37. The molecule has 6 heteroatoms. The topological polar surface area (TPSA) is 80.4 Å². The predicted octanol–water partition coefficient (Wildman–Crippen LogP) is 2.37. The van der Waals surface area contributed by atoms with Crippen molar-refractivity contribution < 1.29 is 9.90 Å². The van der Waals surface area contributed by atoms with Crippen LogP contribution >= 0.6 is 0 Å². The summed E-state index contributed by atoms with van der Waals surface area (Å²) in [7, 11) is 0. The van der Waals surface area contributed by atoms with E-state index >= 15 is 0 Å². The molecule has 2 aromatic heterocycles. The minimum absolute atomic E-state index is 0.0817. The van der Waals surface area contributed by atoms with Crippen molar-refractivity contribution in [2.75, 3.05) is 0 Å². The fourth-order valence-corrected chi connectivity index (χ4v) is 2.31. The quantitative estimate of drug-likeness (QED) is 0.796. The first kappa shape index (κ1) is 12.0. The summed E-state index contributed by atoms with van der Waals surface area (Å²) in [5.74, 6) is 0.353. The molecular formula is C15H12N4O2. The molecule has 0 spiro atoms. The Morgan fingerprint density at radius 3 is 2.62 bits per heavy atom. The highest BCUT2D eigenvalue weighted by molar-refractivity contribution is 5.87. The smallest absolute Gasteiger partial charge is 0.354 e. The van der Waals surface area contributed by atoms with Crippen molar-refractivity contribution >= 4 is 11.7 Å². The summed E-state index contributed by atoms with van der Waals surface area (Å²) in [4.78, 5) is 20.3. The van der Waals surface area contributed by atoms with Crippen LogP contribution in [0.25, 0.3) is 17.0 Å². The molecule has 104 valence electrons. The Kier molecular flexibility index (Phi) is 2.50. The van der Waals surface area contributed by atoms with Gasteiger partial charge in [0.15, 0.2) is 11.5 Å². The summed E-state index contributed by atoms with van der Waals surface area (Å²) in [5, 5.41) is 13.7. The van der Waals surface area contributed by atoms with Crippen LogP contribution < -0.4 is 0 Å². The minimum atomic E-state index is -1.04. The lowest BCUT2D eigenvalue weighted by atomic mass is 10.1. The van der Waals surface area contributed by atoms with E-state index in [0.717, 1.165) is 18.4 Å². The summed E-state index contributed by atoms with van der Waals surface area (Å²) in [6.07, 6.45) is 2.12. The SMILES string of the molecule is O=C(O)c1cc(-c2ccccc2)nc2nc(C3CC3)nn12. The zero-order valence-electron chi connectivity index (χ0n) is 11.1. The molecule has 0 atom stereocenters. The van der Waals surface area contributed by atoms with E-state index in [-0.39, 0.29) is 5.69 Å². The van der Waals surface area contributed by atoms with Crippen LogP contribution in [0.3, 0.4) is 0 Å². The number of hydrogen-bond donors (Lipinski definition) is 1. The lowest BCUT2D eigenvalue weighted by Crippen LogP contribution is -2.08. The standard InChI is InChI=1S/C15H12N4O2/c20-14(21)12-8-11(9-4-2-1-3-5-9)16-15-17-13(10-6-7-10)18-19(12)15/h1-5,8,10H,6-7H2,(H,20,21). The van der Waals surface area contributed by atoms with Gasteiger partial charge in [0, 0.05) is 11.5 Å². The molecule has 1 aromatic carbocycles. The molecule has 0 amide bonds. The summed E-state index contributed by atoms with van der Waals surface area (Å²) in [6.45, 7) is 0. The van der Waals surface area contributed by atoms with Crippen molar-refractivity contribution in [2.24, 2.45) is 0 Å². The zero-order valence-corrected chi connectivity index (χ0v) is 11.1. The fourth-order valence-electron chi connectivity index (χ4n) is 2.31. The van der Waals surface area contributed by atoms with E-state index in [1.807, 2.05) is 30.3 Å². The predicted molar refractivity (Wildman–Crippen MR) is 75.2 cm³/mol. The first-order chi connectivity index (χ1) is 10.2. The maximum Gasteiger partial charge on any atom is 0.354 e. The maximum atomic E-state index is 11.5. The highest BCUT2D eigenvalue weighted by Crippen LogP contribution is 2.38. The monoisotopic (exact) mass is 280 g/mol. The number of carboxylic acids is 1. The number of carbonyl (C=O) groups is 1. The second-order valence-corrected chi connectivity index (χ2v) is 5.15. The van der Waals surface area contributed by atoms with Crippen LogP contribution in [-0.2, 0) is 0 Å². The normalized spacial score (nSPS) is 14.5. The van der Waals surface area contributed by atoms with Crippen molar-refractivity contribution in [3.63, 3.8) is 0 Å².